The van der Waals surface area contributed by atoms with Crippen LogP contribution in [-0.2, 0) is 9.57 Å². The number of rotatable bonds is 4. The Morgan fingerprint density at radius 1 is 1.18 bits per heavy atom. The van der Waals surface area contributed by atoms with Gasteiger partial charge in [-0.25, -0.2) is 9.37 Å². The van der Waals surface area contributed by atoms with Crippen molar-refractivity contribution in [1.29, 1.82) is 0 Å². The van der Waals surface area contributed by atoms with Crippen LogP contribution in [0.4, 0.5) is 4.39 Å². The van der Waals surface area contributed by atoms with Gasteiger partial charge in [-0.1, -0.05) is 23.4 Å². The second kappa shape index (κ2) is 8.61. The number of halogens is 1. The Hall–Kier alpha value is -3.81. The van der Waals surface area contributed by atoms with Crippen molar-refractivity contribution in [3.05, 3.63) is 83.4 Å². The van der Waals surface area contributed by atoms with Gasteiger partial charge in [-0.15, -0.1) is 0 Å². The van der Waals surface area contributed by atoms with E-state index >= 15 is 0 Å². The molecule has 0 amide bonds. The number of benzene rings is 2. The molecule has 3 aromatic rings. The third-order valence-corrected chi connectivity index (χ3v) is 5.87. The molecule has 2 atom stereocenters. The van der Waals surface area contributed by atoms with E-state index in [0.717, 1.165) is 22.5 Å². The zero-order chi connectivity index (χ0) is 22.9. The summed E-state index contributed by atoms with van der Waals surface area (Å²) in [5, 5.41) is 4.35. The molecular formula is C25H25FN4O3. The number of nitrogens with zero attached hydrogens (tertiary/aromatic N) is 4. The first-order valence-corrected chi connectivity index (χ1v) is 10.8. The minimum Gasteiger partial charge on any atom is -0.495 e. The lowest BCUT2D eigenvalue weighted by Crippen LogP contribution is -2.49. The molecule has 0 N–H and O–H groups in total. The molecule has 0 radical (unpaired) electrons. The maximum absolute atomic E-state index is 13.5. The Balaban J connectivity index is 1.47. The van der Waals surface area contributed by atoms with Gasteiger partial charge in [0.2, 0.25) is 5.84 Å². The third-order valence-electron chi connectivity index (χ3n) is 5.87. The van der Waals surface area contributed by atoms with Gasteiger partial charge in [0.25, 0.3) is 0 Å². The molecule has 0 aliphatic carbocycles. The predicted octanol–water partition coefficient (Wildman–Crippen LogP) is 4.48. The van der Waals surface area contributed by atoms with Gasteiger partial charge in [-0.2, -0.15) is 0 Å². The summed E-state index contributed by atoms with van der Waals surface area (Å²) in [6, 6.07) is 12.4. The third kappa shape index (κ3) is 4.04. The van der Waals surface area contributed by atoms with Crippen LogP contribution in [0.25, 0.3) is 11.8 Å². The molecule has 170 valence electrons. The number of hydrogen-bond acceptors (Lipinski definition) is 6. The fourth-order valence-electron chi connectivity index (χ4n) is 4.30. The number of morpholine rings is 1. The second-order valence-corrected chi connectivity index (χ2v) is 8.13. The van der Waals surface area contributed by atoms with Crippen LogP contribution in [0.3, 0.4) is 0 Å². The average molecular weight is 448 g/mol. The molecule has 33 heavy (non-hydrogen) atoms. The van der Waals surface area contributed by atoms with E-state index in [1.165, 1.54) is 12.1 Å². The summed E-state index contributed by atoms with van der Waals surface area (Å²) in [5.74, 6) is 1.70. The summed E-state index contributed by atoms with van der Waals surface area (Å²) in [5.41, 5.74) is 3.71. The van der Waals surface area contributed by atoms with E-state index in [0.29, 0.717) is 30.5 Å². The van der Waals surface area contributed by atoms with Gasteiger partial charge in [-0.3, -0.25) is 0 Å². The smallest absolute Gasteiger partial charge is 0.211 e. The van der Waals surface area contributed by atoms with E-state index in [4.69, 9.17) is 14.3 Å². The van der Waals surface area contributed by atoms with Crippen molar-refractivity contribution in [3.63, 3.8) is 0 Å². The van der Waals surface area contributed by atoms with Crippen LogP contribution in [0.1, 0.15) is 29.8 Å². The zero-order valence-electron chi connectivity index (χ0n) is 18.7. The number of fused-ring (bicyclic) bond motifs is 1. The Labute approximate surface area is 191 Å². The normalized spacial score (nSPS) is 21.2. The summed E-state index contributed by atoms with van der Waals surface area (Å²) in [6.45, 7) is 5.09. The number of hydrogen-bond donors (Lipinski definition) is 0. The van der Waals surface area contributed by atoms with E-state index in [-0.39, 0.29) is 18.0 Å². The highest BCUT2D eigenvalue weighted by molar-refractivity contribution is 6.01. The minimum atomic E-state index is -0.261. The lowest BCUT2D eigenvalue weighted by atomic mass is 9.98. The Bertz CT molecular complexity index is 1220. The van der Waals surface area contributed by atoms with Gasteiger partial charge in [0, 0.05) is 6.20 Å². The molecule has 2 aliphatic heterocycles. The molecule has 8 heteroatoms. The van der Waals surface area contributed by atoms with Crippen molar-refractivity contribution >= 4 is 11.9 Å². The Morgan fingerprint density at radius 3 is 2.73 bits per heavy atom. The van der Waals surface area contributed by atoms with Crippen LogP contribution in [0.5, 0.6) is 5.75 Å². The summed E-state index contributed by atoms with van der Waals surface area (Å²) in [7, 11) is 1.64. The second-order valence-electron chi connectivity index (χ2n) is 8.13. The Morgan fingerprint density at radius 2 is 2.00 bits per heavy atom. The van der Waals surface area contributed by atoms with E-state index < -0.39 is 0 Å². The number of aromatic nitrogens is 2. The van der Waals surface area contributed by atoms with Gasteiger partial charge < -0.3 is 23.8 Å². The van der Waals surface area contributed by atoms with E-state index in [2.05, 4.69) is 15.0 Å². The fourth-order valence-corrected chi connectivity index (χ4v) is 4.30. The highest BCUT2D eigenvalue weighted by Crippen LogP contribution is 2.35. The van der Waals surface area contributed by atoms with Gasteiger partial charge in [0.15, 0.2) is 5.76 Å². The summed E-state index contributed by atoms with van der Waals surface area (Å²) in [6.07, 6.45) is 5.45. The first-order chi connectivity index (χ1) is 16.0. The molecule has 5 rings (SSSR count). The molecular weight excluding hydrogens is 423 g/mol. The standard InChI is InChI=1S/C25H25FN4O3/c1-16-14-29(15-27-16)21-9-4-18(12-22(21)31-3)13-23-25-28-33-17(2)24(30(25)10-11-32-23)19-5-7-20(26)8-6-19/h4-9,12-15,17,24H,10-11H2,1-3H3/b23-13-. The van der Waals surface area contributed by atoms with Crippen LogP contribution < -0.4 is 4.74 Å². The summed E-state index contributed by atoms with van der Waals surface area (Å²) in [4.78, 5) is 12.2. The summed E-state index contributed by atoms with van der Waals surface area (Å²) >= 11 is 0. The quantitative estimate of drug-likeness (QED) is 0.589. The van der Waals surface area contributed by atoms with Crippen molar-refractivity contribution < 1.29 is 18.7 Å². The molecule has 1 saturated heterocycles. The number of aryl methyl sites for hydroxylation is 1. The number of amidine groups is 1. The van der Waals surface area contributed by atoms with Crippen LogP contribution in [-0.4, -0.2) is 46.7 Å². The van der Waals surface area contributed by atoms with Gasteiger partial charge in [0.05, 0.1) is 37.4 Å². The van der Waals surface area contributed by atoms with Gasteiger partial charge in [-0.05, 0) is 55.3 Å². The number of ether oxygens (including phenoxy) is 2. The SMILES string of the molecule is COc1cc(/C=C2\OCCN3C2=NOC(C)C3c2ccc(F)cc2)ccc1-n1cnc(C)c1. The molecule has 2 unspecified atom stereocenters. The number of oxime groups is 1. The lowest BCUT2D eigenvalue weighted by molar-refractivity contribution is -0.0221. The molecule has 1 fully saturated rings. The highest BCUT2D eigenvalue weighted by atomic mass is 19.1. The van der Waals surface area contributed by atoms with E-state index in [1.807, 2.05) is 48.9 Å². The van der Waals surface area contributed by atoms with Gasteiger partial charge >= 0.3 is 0 Å². The van der Waals surface area contributed by atoms with E-state index in [1.54, 1.807) is 25.6 Å². The van der Waals surface area contributed by atoms with Crippen molar-refractivity contribution in [2.24, 2.45) is 5.16 Å². The van der Waals surface area contributed by atoms with Crippen molar-refractivity contribution in [2.45, 2.75) is 26.0 Å². The highest BCUT2D eigenvalue weighted by Gasteiger charge is 2.38. The molecule has 0 spiro atoms. The van der Waals surface area contributed by atoms with Crippen LogP contribution >= 0.6 is 0 Å². The molecule has 2 aliphatic rings. The Kier molecular flexibility index (Phi) is 5.50. The van der Waals surface area contributed by atoms with Crippen molar-refractivity contribution in [3.8, 4) is 11.4 Å². The number of methoxy groups -OCH3 is 1. The lowest BCUT2D eigenvalue weighted by Gasteiger charge is -2.42. The largest absolute Gasteiger partial charge is 0.495 e. The molecule has 1 aromatic heterocycles. The minimum absolute atomic E-state index is 0.0909. The van der Waals surface area contributed by atoms with Crippen molar-refractivity contribution in [2.75, 3.05) is 20.3 Å². The molecule has 2 aromatic carbocycles. The molecule has 0 bridgehead atoms. The maximum Gasteiger partial charge on any atom is 0.211 e. The maximum atomic E-state index is 13.5. The first-order valence-electron chi connectivity index (χ1n) is 10.8. The number of imidazole rings is 1. The average Bonchev–Trinajstić information content (AvgIpc) is 3.26. The van der Waals surface area contributed by atoms with E-state index in [9.17, 15) is 4.39 Å². The fraction of sp³-hybridized carbons (Fsp3) is 0.280. The van der Waals surface area contributed by atoms with Crippen LogP contribution in [0.15, 0.2) is 65.9 Å². The van der Waals surface area contributed by atoms with Crippen molar-refractivity contribution in [1.82, 2.24) is 14.5 Å². The monoisotopic (exact) mass is 448 g/mol. The predicted molar refractivity (Wildman–Crippen MR) is 123 cm³/mol. The molecule has 7 nitrogen and oxygen atoms in total. The van der Waals surface area contributed by atoms with Gasteiger partial charge in [0.1, 0.15) is 24.3 Å². The summed E-state index contributed by atoms with van der Waals surface area (Å²) < 4.78 is 27.0. The topological polar surface area (TPSA) is 61.1 Å². The molecule has 0 saturated carbocycles. The van der Waals surface area contributed by atoms with Crippen LogP contribution in [0.2, 0.25) is 0 Å². The zero-order valence-corrected chi connectivity index (χ0v) is 18.7. The molecule has 3 heterocycles. The van der Waals surface area contributed by atoms with Crippen LogP contribution in [0, 0.1) is 12.7 Å². The first kappa shape index (κ1) is 21.1.